The molecular weight excluding hydrogens is 352 g/mol. The number of nitrogens with zero attached hydrogens (tertiary/aromatic N) is 3. The van der Waals surface area contributed by atoms with Crippen LogP contribution in [0.3, 0.4) is 0 Å². The lowest BCUT2D eigenvalue weighted by Crippen LogP contribution is -2.27. The Morgan fingerprint density at radius 1 is 1.46 bits per heavy atom. The number of nitrogens with one attached hydrogen (secondary N) is 1. The summed E-state index contributed by atoms with van der Waals surface area (Å²) in [6.45, 7) is 2.24. The first-order valence-corrected chi connectivity index (χ1v) is 8.51. The second-order valence-corrected chi connectivity index (χ2v) is 6.61. The van der Waals surface area contributed by atoms with Crippen LogP contribution in [0.1, 0.15) is 18.4 Å². The molecule has 1 atom stereocenters. The highest BCUT2D eigenvalue weighted by atomic mass is 35.5. The van der Waals surface area contributed by atoms with Crippen molar-refractivity contribution < 1.29 is 14.4 Å². The Labute approximate surface area is 147 Å². The minimum absolute atomic E-state index is 0.273. The molecule has 1 aromatic carbocycles. The number of carbonyl (C=O) groups excluding carboxylic acids is 1. The fourth-order valence-corrected chi connectivity index (χ4v) is 2.95. The van der Waals surface area contributed by atoms with Gasteiger partial charge in [0.25, 0.3) is 5.91 Å². The smallest absolute Gasteiger partial charge is 0.270 e. The summed E-state index contributed by atoms with van der Waals surface area (Å²) < 4.78 is 5.61. The van der Waals surface area contributed by atoms with Gasteiger partial charge in [0.05, 0.1) is 17.3 Å². The van der Waals surface area contributed by atoms with E-state index < -0.39 is 6.10 Å². The van der Waals surface area contributed by atoms with Crippen molar-refractivity contribution in [2.24, 2.45) is 5.16 Å². The van der Waals surface area contributed by atoms with Crippen LogP contribution < -0.4 is 10.1 Å². The van der Waals surface area contributed by atoms with Gasteiger partial charge in [-0.1, -0.05) is 40.2 Å². The van der Waals surface area contributed by atoms with E-state index in [0.29, 0.717) is 35.4 Å². The molecule has 1 aliphatic rings. The first-order chi connectivity index (χ1) is 11.6. The summed E-state index contributed by atoms with van der Waals surface area (Å²) in [5, 5.41) is 16.2. The molecule has 2 aromatic rings. The predicted octanol–water partition coefficient (Wildman–Crippen LogP) is 2.92. The van der Waals surface area contributed by atoms with E-state index in [1.165, 1.54) is 11.3 Å². The SMILES string of the molecule is CC1=NOC(C(=O)Nc2nnc(CCOc3ccccc3Cl)s2)C1. The monoisotopic (exact) mass is 366 g/mol. The minimum atomic E-state index is -0.596. The number of benzene rings is 1. The van der Waals surface area contributed by atoms with Crippen LogP contribution in [0.25, 0.3) is 0 Å². The van der Waals surface area contributed by atoms with Crippen LogP contribution >= 0.6 is 22.9 Å². The minimum Gasteiger partial charge on any atom is -0.492 e. The van der Waals surface area contributed by atoms with Gasteiger partial charge in [0.15, 0.2) is 0 Å². The Balaban J connectivity index is 1.47. The maximum Gasteiger partial charge on any atom is 0.270 e. The van der Waals surface area contributed by atoms with Crippen LogP contribution in [0.4, 0.5) is 5.13 Å². The molecule has 1 aliphatic heterocycles. The van der Waals surface area contributed by atoms with Crippen molar-refractivity contribution in [2.45, 2.75) is 25.9 Å². The highest BCUT2D eigenvalue weighted by molar-refractivity contribution is 7.15. The Hall–Kier alpha value is -2.19. The second-order valence-electron chi connectivity index (χ2n) is 5.14. The topological polar surface area (TPSA) is 85.7 Å². The number of halogens is 1. The molecule has 0 saturated carbocycles. The Morgan fingerprint density at radius 2 is 2.29 bits per heavy atom. The van der Waals surface area contributed by atoms with E-state index in [1.54, 1.807) is 12.1 Å². The van der Waals surface area contributed by atoms with Gasteiger partial charge >= 0.3 is 0 Å². The van der Waals surface area contributed by atoms with Crippen molar-refractivity contribution in [1.82, 2.24) is 10.2 Å². The van der Waals surface area contributed by atoms with Crippen molar-refractivity contribution in [1.29, 1.82) is 0 Å². The molecule has 3 rings (SSSR count). The molecule has 0 spiro atoms. The van der Waals surface area contributed by atoms with Crippen molar-refractivity contribution in [2.75, 3.05) is 11.9 Å². The van der Waals surface area contributed by atoms with Crippen LogP contribution in [-0.2, 0) is 16.1 Å². The van der Waals surface area contributed by atoms with Gasteiger partial charge in [0, 0.05) is 12.8 Å². The van der Waals surface area contributed by atoms with Gasteiger partial charge in [-0.25, -0.2) is 0 Å². The van der Waals surface area contributed by atoms with Crippen LogP contribution in [0, 0.1) is 0 Å². The standard InChI is InChI=1S/C15H15ClN4O3S/c1-9-8-12(23-20-9)14(21)17-15-19-18-13(24-15)6-7-22-11-5-3-2-4-10(11)16/h2-5,12H,6-8H2,1H3,(H,17,19,21). The number of anilines is 1. The van der Waals surface area contributed by atoms with E-state index in [2.05, 4.69) is 20.7 Å². The number of carbonyl (C=O) groups is 1. The molecule has 0 saturated heterocycles. The zero-order chi connectivity index (χ0) is 16.9. The third-order valence-electron chi connectivity index (χ3n) is 3.22. The molecule has 126 valence electrons. The van der Waals surface area contributed by atoms with Crippen molar-refractivity contribution >= 4 is 39.7 Å². The number of hydrogen-bond donors (Lipinski definition) is 1. The van der Waals surface area contributed by atoms with Crippen LogP contribution in [0.2, 0.25) is 5.02 Å². The third kappa shape index (κ3) is 4.21. The van der Waals surface area contributed by atoms with Gasteiger partial charge in [-0.3, -0.25) is 10.1 Å². The maximum absolute atomic E-state index is 12.0. The highest BCUT2D eigenvalue weighted by Gasteiger charge is 2.26. The molecule has 9 heteroatoms. The average Bonchev–Trinajstić information content (AvgIpc) is 3.18. The summed E-state index contributed by atoms with van der Waals surface area (Å²) in [5.41, 5.74) is 0.796. The van der Waals surface area contributed by atoms with Gasteiger partial charge in [-0.15, -0.1) is 10.2 Å². The lowest BCUT2D eigenvalue weighted by molar-refractivity contribution is -0.125. The zero-order valence-corrected chi connectivity index (χ0v) is 14.4. The number of amides is 1. The third-order valence-corrected chi connectivity index (χ3v) is 4.43. The first-order valence-electron chi connectivity index (χ1n) is 7.31. The highest BCUT2D eigenvalue weighted by Crippen LogP contribution is 2.24. The number of ether oxygens (including phenoxy) is 1. The number of para-hydroxylation sites is 1. The first kappa shape index (κ1) is 16.7. The van der Waals surface area contributed by atoms with Crippen LogP contribution in [0.5, 0.6) is 5.75 Å². The number of oxime groups is 1. The molecule has 1 amide bonds. The molecule has 1 unspecified atom stereocenters. The lowest BCUT2D eigenvalue weighted by atomic mass is 10.2. The maximum atomic E-state index is 12.0. The Bertz CT molecular complexity index is 765. The van der Waals surface area contributed by atoms with Gasteiger partial charge in [0.1, 0.15) is 10.8 Å². The van der Waals surface area contributed by atoms with Gasteiger partial charge in [0.2, 0.25) is 11.2 Å². The Morgan fingerprint density at radius 3 is 3.04 bits per heavy atom. The van der Waals surface area contributed by atoms with Crippen LogP contribution in [0.15, 0.2) is 29.4 Å². The Kier molecular flexibility index (Phi) is 5.27. The molecule has 24 heavy (non-hydrogen) atoms. The molecule has 1 N–H and O–H groups in total. The summed E-state index contributed by atoms with van der Waals surface area (Å²) in [6.07, 6.45) is 0.463. The van der Waals surface area contributed by atoms with Crippen molar-refractivity contribution in [3.63, 3.8) is 0 Å². The molecule has 7 nitrogen and oxygen atoms in total. The normalized spacial score (nSPS) is 16.4. The molecule has 0 radical (unpaired) electrons. The molecular formula is C15H15ClN4O3S. The van der Waals surface area contributed by atoms with Crippen LogP contribution in [-0.4, -0.2) is 34.5 Å². The molecule has 0 aliphatic carbocycles. The summed E-state index contributed by atoms with van der Waals surface area (Å²) in [5.74, 6) is 0.358. The summed E-state index contributed by atoms with van der Waals surface area (Å²) in [4.78, 5) is 17.0. The summed E-state index contributed by atoms with van der Waals surface area (Å²) in [6, 6.07) is 7.28. The van der Waals surface area contributed by atoms with E-state index in [0.717, 1.165) is 10.7 Å². The van der Waals surface area contributed by atoms with Crippen molar-refractivity contribution in [3.05, 3.63) is 34.3 Å². The average molecular weight is 367 g/mol. The molecule has 0 fully saturated rings. The van der Waals surface area contributed by atoms with Gasteiger partial charge < -0.3 is 9.57 Å². The summed E-state index contributed by atoms with van der Waals surface area (Å²) >= 11 is 7.32. The van der Waals surface area contributed by atoms with E-state index in [4.69, 9.17) is 21.2 Å². The number of hydrogen-bond acceptors (Lipinski definition) is 7. The second kappa shape index (κ2) is 7.59. The molecule has 1 aromatic heterocycles. The predicted molar refractivity (Wildman–Crippen MR) is 91.8 cm³/mol. The number of aromatic nitrogens is 2. The largest absolute Gasteiger partial charge is 0.492 e. The van der Waals surface area contributed by atoms with E-state index in [-0.39, 0.29) is 5.91 Å². The fraction of sp³-hybridized carbons (Fsp3) is 0.333. The van der Waals surface area contributed by atoms with Gasteiger partial charge in [-0.05, 0) is 19.1 Å². The van der Waals surface area contributed by atoms with E-state index in [1.807, 2.05) is 19.1 Å². The quantitative estimate of drug-likeness (QED) is 0.849. The molecule has 0 bridgehead atoms. The lowest BCUT2D eigenvalue weighted by Gasteiger charge is -2.06. The zero-order valence-electron chi connectivity index (χ0n) is 12.9. The van der Waals surface area contributed by atoms with Gasteiger partial charge in [-0.2, -0.15) is 0 Å². The van der Waals surface area contributed by atoms with E-state index in [9.17, 15) is 4.79 Å². The van der Waals surface area contributed by atoms with E-state index >= 15 is 0 Å². The fourth-order valence-electron chi connectivity index (χ4n) is 2.04. The van der Waals surface area contributed by atoms with Crippen molar-refractivity contribution in [3.8, 4) is 5.75 Å². The summed E-state index contributed by atoms with van der Waals surface area (Å²) in [7, 11) is 0. The number of rotatable bonds is 6. The molecule has 2 heterocycles.